The number of rotatable bonds is 56. The maximum Gasteiger partial charge on any atom is 0.306 e. The Morgan fingerprint density at radius 1 is 0.286 bits per heavy atom. The first-order chi connectivity index (χ1) is 34.5. The Morgan fingerprint density at radius 3 is 0.843 bits per heavy atom. The number of hydrogen-bond donors (Lipinski definition) is 0. The Kier molecular flexibility index (Phi) is 56.7. The largest absolute Gasteiger partial charge is 0.462 e. The van der Waals surface area contributed by atoms with Crippen LogP contribution in [0.15, 0.2) is 48.6 Å². The number of carbonyl (C=O) groups is 3. The molecule has 0 heterocycles. The molecule has 0 amide bonds. The summed E-state index contributed by atoms with van der Waals surface area (Å²) >= 11 is 0. The lowest BCUT2D eigenvalue weighted by Gasteiger charge is -2.18. The summed E-state index contributed by atoms with van der Waals surface area (Å²) < 4.78 is 16.9. The highest BCUT2D eigenvalue weighted by Gasteiger charge is 2.19. The number of esters is 3. The van der Waals surface area contributed by atoms with Gasteiger partial charge >= 0.3 is 17.9 Å². The van der Waals surface area contributed by atoms with E-state index in [2.05, 4.69) is 69.4 Å². The summed E-state index contributed by atoms with van der Waals surface area (Å²) in [5, 5.41) is 0. The first kappa shape index (κ1) is 67.4. The van der Waals surface area contributed by atoms with E-state index in [1.165, 1.54) is 199 Å². The lowest BCUT2D eigenvalue weighted by atomic mass is 10.0. The fourth-order valence-electron chi connectivity index (χ4n) is 8.92. The molecule has 0 N–H and O–H groups in total. The van der Waals surface area contributed by atoms with Crippen molar-refractivity contribution in [3.05, 3.63) is 48.6 Å². The van der Waals surface area contributed by atoms with Crippen LogP contribution in [-0.2, 0) is 28.6 Å². The van der Waals surface area contributed by atoms with Crippen molar-refractivity contribution in [3.8, 4) is 0 Å². The first-order valence-corrected chi connectivity index (χ1v) is 30.6. The van der Waals surface area contributed by atoms with Crippen molar-refractivity contribution in [2.75, 3.05) is 13.2 Å². The van der Waals surface area contributed by atoms with Gasteiger partial charge in [0.25, 0.3) is 0 Å². The van der Waals surface area contributed by atoms with Crippen molar-refractivity contribution in [1.82, 2.24) is 0 Å². The second-order valence-electron chi connectivity index (χ2n) is 20.6. The standard InChI is InChI=1S/C64H116O6/c1-4-7-10-13-16-19-22-25-28-31-34-36-39-42-45-48-51-54-57-63(66)69-60-61(70-64(67)58-55-52-49-46-43-40-37-33-30-27-24-21-18-15-12-9-6-3)59-68-62(65)56-53-50-47-44-41-38-35-32-29-26-23-20-17-14-11-8-5-2/h18,21,26-27,29-30,37,40,61H,4-17,19-20,22-25,28,31-36,38-39,41-60H2,1-3H3/b21-18+,29-26+,30-27+,40-37+/t61-/m1/s1. The molecule has 0 saturated heterocycles. The van der Waals surface area contributed by atoms with Gasteiger partial charge in [0.15, 0.2) is 6.10 Å². The molecular weight excluding hydrogens is 865 g/mol. The normalized spacial score (nSPS) is 12.3. The molecule has 0 aliphatic carbocycles. The number of carbonyl (C=O) groups excluding carboxylic acids is 3. The molecule has 0 spiro atoms. The molecule has 0 rings (SSSR count). The van der Waals surface area contributed by atoms with Gasteiger partial charge in [-0.2, -0.15) is 0 Å². The molecule has 0 radical (unpaired) electrons. The molecule has 1 atom stereocenters. The maximum atomic E-state index is 12.9. The molecule has 0 aromatic carbocycles. The van der Waals surface area contributed by atoms with Crippen LogP contribution in [0.5, 0.6) is 0 Å². The Bertz CT molecular complexity index is 1220. The summed E-state index contributed by atoms with van der Waals surface area (Å²) in [5.41, 5.74) is 0. The molecular formula is C64H116O6. The van der Waals surface area contributed by atoms with E-state index in [-0.39, 0.29) is 31.1 Å². The zero-order valence-corrected chi connectivity index (χ0v) is 46.8. The topological polar surface area (TPSA) is 78.9 Å². The average molecular weight is 982 g/mol. The predicted molar refractivity (Wildman–Crippen MR) is 302 cm³/mol. The molecule has 6 nitrogen and oxygen atoms in total. The molecule has 0 aliphatic heterocycles. The third-order valence-corrected chi connectivity index (χ3v) is 13.6. The minimum Gasteiger partial charge on any atom is -0.462 e. The van der Waals surface area contributed by atoms with Crippen LogP contribution in [0.3, 0.4) is 0 Å². The third-order valence-electron chi connectivity index (χ3n) is 13.6. The molecule has 0 bridgehead atoms. The highest BCUT2D eigenvalue weighted by Crippen LogP contribution is 2.17. The minimum absolute atomic E-state index is 0.0803. The van der Waals surface area contributed by atoms with Crippen LogP contribution in [0.4, 0.5) is 0 Å². The minimum atomic E-state index is -0.785. The SMILES string of the molecule is CCCCC/C=C/C/C=C/C/C=C/CCCCCCC(=O)O[C@H](COC(=O)CCCCCCCCC/C=C/CCCCCCCC)COC(=O)CCCCCCCCCCCCCCCCCCCC. The molecule has 0 unspecified atom stereocenters. The highest BCUT2D eigenvalue weighted by atomic mass is 16.6. The van der Waals surface area contributed by atoms with Gasteiger partial charge in [0.05, 0.1) is 0 Å². The van der Waals surface area contributed by atoms with Crippen LogP contribution in [0.25, 0.3) is 0 Å². The molecule has 70 heavy (non-hydrogen) atoms. The van der Waals surface area contributed by atoms with E-state index in [9.17, 15) is 14.4 Å². The fourth-order valence-corrected chi connectivity index (χ4v) is 8.92. The van der Waals surface area contributed by atoms with Crippen LogP contribution in [0, 0.1) is 0 Å². The lowest BCUT2D eigenvalue weighted by Crippen LogP contribution is -2.30. The summed E-state index contributed by atoms with van der Waals surface area (Å²) in [4.78, 5) is 38.2. The van der Waals surface area contributed by atoms with Crippen molar-refractivity contribution in [2.24, 2.45) is 0 Å². The molecule has 408 valence electrons. The van der Waals surface area contributed by atoms with Gasteiger partial charge in [0, 0.05) is 19.3 Å². The van der Waals surface area contributed by atoms with Gasteiger partial charge in [-0.25, -0.2) is 0 Å². The van der Waals surface area contributed by atoms with Crippen molar-refractivity contribution < 1.29 is 28.6 Å². The molecule has 0 aliphatic rings. The predicted octanol–water partition coefficient (Wildman–Crippen LogP) is 20.6. The van der Waals surface area contributed by atoms with Gasteiger partial charge in [0.2, 0.25) is 0 Å². The monoisotopic (exact) mass is 981 g/mol. The Labute approximate surface area is 435 Å². The van der Waals surface area contributed by atoms with Gasteiger partial charge in [-0.1, -0.05) is 268 Å². The quantitative estimate of drug-likeness (QED) is 0.0261. The zero-order valence-electron chi connectivity index (χ0n) is 46.8. The summed E-state index contributed by atoms with van der Waals surface area (Å²) in [7, 11) is 0. The Balaban J connectivity index is 4.38. The number of ether oxygens (including phenoxy) is 3. The van der Waals surface area contributed by atoms with Crippen molar-refractivity contribution >= 4 is 17.9 Å². The molecule has 6 heteroatoms. The summed E-state index contributed by atoms with van der Waals surface area (Å²) in [6.07, 6.45) is 72.4. The van der Waals surface area contributed by atoms with Crippen LogP contribution < -0.4 is 0 Å². The van der Waals surface area contributed by atoms with Crippen LogP contribution in [-0.4, -0.2) is 37.2 Å². The number of allylic oxidation sites excluding steroid dienone is 8. The maximum absolute atomic E-state index is 12.9. The summed E-state index contributed by atoms with van der Waals surface area (Å²) in [5.74, 6) is -0.888. The molecule has 0 saturated carbocycles. The van der Waals surface area contributed by atoms with Crippen molar-refractivity contribution in [2.45, 2.75) is 329 Å². The first-order valence-electron chi connectivity index (χ1n) is 30.6. The second-order valence-corrected chi connectivity index (χ2v) is 20.6. The Morgan fingerprint density at radius 2 is 0.514 bits per heavy atom. The highest BCUT2D eigenvalue weighted by molar-refractivity contribution is 5.71. The van der Waals surface area contributed by atoms with E-state index in [0.29, 0.717) is 19.3 Å². The zero-order chi connectivity index (χ0) is 50.7. The smallest absolute Gasteiger partial charge is 0.306 e. The fraction of sp³-hybridized carbons (Fsp3) is 0.828. The van der Waals surface area contributed by atoms with Gasteiger partial charge < -0.3 is 14.2 Å². The molecule has 0 fully saturated rings. The summed E-state index contributed by atoms with van der Waals surface area (Å²) in [6.45, 7) is 6.63. The van der Waals surface area contributed by atoms with Crippen molar-refractivity contribution in [3.63, 3.8) is 0 Å². The lowest BCUT2D eigenvalue weighted by molar-refractivity contribution is -0.167. The third kappa shape index (κ3) is 56.3. The van der Waals surface area contributed by atoms with Gasteiger partial charge in [-0.05, 0) is 83.5 Å². The van der Waals surface area contributed by atoms with E-state index in [1.807, 2.05) is 0 Å². The number of hydrogen-bond acceptors (Lipinski definition) is 6. The molecule has 0 aromatic rings. The van der Waals surface area contributed by atoms with E-state index in [1.54, 1.807) is 0 Å². The van der Waals surface area contributed by atoms with Crippen LogP contribution in [0.1, 0.15) is 323 Å². The molecule has 0 aromatic heterocycles. The van der Waals surface area contributed by atoms with Gasteiger partial charge in [-0.3, -0.25) is 14.4 Å². The van der Waals surface area contributed by atoms with Gasteiger partial charge in [-0.15, -0.1) is 0 Å². The van der Waals surface area contributed by atoms with Crippen molar-refractivity contribution in [1.29, 1.82) is 0 Å². The number of unbranched alkanes of at least 4 members (excludes halogenated alkanes) is 37. The second kappa shape index (κ2) is 58.9. The van der Waals surface area contributed by atoms with E-state index < -0.39 is 6.10 Å². The Hall–Kier alpha value is -2.63. The van der Waals surface area contributed by atoms with E-state index in [4.69, 9.17) is 14.2 Å². The van der Waals surface area contributed by atoms with E-state index >= 15 is 0 Å². The van der Waals surface area contributed by atoms with Crippen LogP contribution in [0.2, 0.25) is 0 Å². The van der Waals surface area contributed by atoms with E-state index in [0.717, 1.165) is 83.5 Å². The summed E-state index contributed by atoms with van der Waals surface area (Å²) in [6, 6.07) is 0. The van der Waals surface area contributed by atoms with Gasteiger partial charge in [0.1, 0.15) is 13.2 Å². The average Bonchev–Trinajstić information content (AvgIpc) is 3.36. The van der Waals surface area contributed by atoms with Crippen LogP contribution >= 0.6 is 0 Å².